The Balaban J connectivity index is 2.85. The summed E-state index contributed by atoms with van der Waals surface area (Å²) in [4.78, 5) is 4.08. The van der Waals surface area contributed by atoms with Crippen molar-refractivity contribution in [1.82, 2.24) is 10.3 Å². The second-order valence-corrected chi connectivity index (χ2v) is 2.54. The van der Waals surface area contributed by atoms with Crippen LogP contribution in [0, 0.1) is 0 Å². The number of nitrogens with one attached hydrogen (secondary N) is 1. The fourth-order valence-electron chi connectivity index (χ4n) is 0.989. The number of anilines is 1. The Morgan fingerprint density at radius 1 is 1.75 bits per heavy atom. The van der Waals surface area contributed by atoms with Gasteiger partial charge in [0.15, 0.2) is 0 Å². The summed E-state index contributed by atoms with van der Waals surface area (Å²) in [5, 5.41) is 11.9. The van der Waals surface area contributed by atoms with Crippen LogP contribution in [0.15, 0.2) is 18.3 Å². The number of likely N-dealkylation sites (N-methyl/N-ethyl adjacent to an activating group) is 1. The Morgan fingerprint density at radius 2 is 2.50 bits per heavy atom. The van der Waals surface area contributed by atoms with E-state index in [0.29, 0.717) is 5.69 Å². The summed E-state index contributed by atoms with van der Waals surface area (Å²) in [5.74, 6) is 0. The molecule has 4 heteroatoms. The van der Waals surface area contributed by atoms with Crippen molar-refractivity contribution in [2.24, 2.45) is 0 Å². The SMILES string of the molecule is CN[C@H](CO)c1cc(N)ccn1. The first-order chi connectivity index (χ1) is 5.77. The molecule has 0 aliphatic carbocycles. The van der Waals surface area contributed by atoms with Crippen LogP contribution in [-0.4, -0.2) is 23.7 Å². The van der Waals surface area contributed by atoms with Crippen LogP contribution in [0.4, 0.5) is 5.69 Å². The Morgan fingerprint density at radius 3 is 3.00 bits per heavy atom. The van der Waals surface area contributed by atoms with E-state index < -0.39 is 0 Å². The van der Waals surface area contributed by atoms with Gasteiger partial charge in [-0.3, -0.25) is 4.98 Å². The molecule has 4 N–H and O–H groups in total. The molecule has 1 rings (SSSR count). The van der Waals surface area contributed by atoms with Crippen LogP contribution in [0.2, 0.25) is 0 Å². The highest BCUT2D eigenvalue weighted by atomic mass is 16.3. The maximum atomic E-state index is 8.93. The van der Waals surface area contributed by atoms with E-state index in [1.807, 2.05) is 0 Å². The highest BCUT2D eigenvalue weighted by Crippen LogP contribution is 2.11. The number of nitrogen functional groups attached to an aromatic ring is 1. The van der Waals surface area contributed by atoms with E-state index in [1.165, 1.54) is 0 Å². The van der Waals surface area contributed by atoms with Gasteiger partial charge in [0.25, 0.3) is 0 Å². The molecule has 0 fully saturated rings. The first-order valence-corrected chi connectivity index (χ1v) is 3.77. The van der Waals surface area contributed by atoms with Crippen molar-refractivity contribution in [2.45, 2.75) is 6.04 Å². The zero-order chi connectivity index (χ0) is 8.97. The summed E-state index contributed by atoms with van der Waals surface area (Å²) in [6, 6.07) is 3.33. The first-order valence-electron chi connectivity index (χ1n) is 3.77. The standard InChI is InChI=1S/C8H13N3O/c1-10-8(5-12)7-4-6(9)2-3-11-7/h2-4,8,10,12H,5H2,1H3,(H2,9,11)/t8-/m1/s1. The Labute approximate surface area is 71.4 Å². The van der Waals surface area contributed by atoms with Crippen molar-refractivity contribution in [1.29, 1.82) is 0 Å². The van der Waals surface area contributed by atoms with Gasteiger partial charge in [0.05, 0.1) is 18.3 Å². The summed E-state index contributed by atoms with van der Waals surface area (Å²) in [7, 11) is 1.77. The third-order valence-corrected chi connectivity index (χ3v) is 1.69. The molecule has 1 atom stereocenters. The van der Waals surface area contributed by atoms with E-state index in [1.54, 1.807) is 25.4 Å². The minimum absolute atomic E-state index is 0.0208. The third kappa shape index (κ3) is 1.93. The average Bonchev–Trinajstić information content (AvgIpc) is 2.07. The number of rotatable bonds is 3. The lowest BCUT2D eigenvalue weighted by atomic mass is 10.2. The summed E-state index contributed by atoms with van der Waals surface area (Å²) in [5.41, 5.74) is 6.98. The minimum Gasteiger partial charge on any atom is -0.399 e. The quantitative estimate of drug-likeness (QED) is 0.588. The van der Waals surface area contributed by atoms with E-state index in [0.717, 1.165) is 5.69 Å². The largest absolute Gasteiger partial charge is 0.399 e. The van der Waals surface area contributed by atoms with Gasteiger partial charge in [0.1, 0.15) is 0 Å². The molecule has 0 saturated heterocycles. The summed E-state index contributed by atoms with van der Waals surface area (Å²) >= 11 is 0. The minimum atomic E-state index is -0.131. The van der Waals surface area contributed by atoms with Crippen LogP contribution >= 0.6 is 0 Å². The molecular formula is C8H13N3O. The molecule has 0 amide bonds. The van der Waals surface area contributed by atoms with Crippen LogP contribution in [0.5, 0.6) is 0 Å². The topological polar surface area (TPSA) is 71.2 Å². The smallest absolute Gasteiger partial charge is 0.0728 e. The van der Waals surface area contributed by atoms with E-state index in [2.05, 4.69) is 10.3 Å². The molecule has 0 aliphatic heterocycles. The van der Waals surface area contributed by atoms with Gasteiger partial charge in [-0.1, -0.05) is 0 Å². The average molecular weight is 167 g/mol. The molecule has 1 aromatic rings. The highest BCUT2D eigenvalue weighted by Gasteiger charge is 2.07. The highest BCUT2D eigenvalue weighted by molar-refractivity contribution is 5.38. The van der Waals surface area contributed by atoms with Crippen LogP contribution in [0.1, 0.15) is 11.7 Å². The predicted octanol–water partition coefficient (Wildman–Crippen LogP) is -0.0834. The van der Waals surface area contributed by atoms with Crippen molar-refractivity contribution >= 4 is 5.69 Å². The van der Waals surface area contributed by atoms with Gasteiger partial charge < -0.3 is 16.2 Å². The maximum Gasteiger partial charge on any atom is 0.0728 e. The lowest BCUT2D eigenvalue weighted by molar-refractivity contribution is 0.248. The van der Waals surface area contributed by atoms with Gasteiger partial charge in [-0.15, -0.1) is 0 Å². The van der Waals surface area contributed by atoms with Crippen molar-refractivity contribution in [2.75, 3.05) is 19.4 Å². The van der Waals surface area contributed by atoms with Gasteiger partial charge in [-0.2, -0.15) is 0 Å². The van der Waals surface area contributed by atoms with Gasteiger partial charge in [-0.25, -0.2) is 0 Å². The van der Waals surface area contributed by atoms with E-state index in [9.17, 15) is 0 Å². The number of nitrogens with two attached hydrogens (primary N) is 1. The zero-order valence-electron chi connectivity index (χ0n) is 6.99. The normalized spacial score (nSPS) is 12.8. The fourth-order valence-corrected chi connectivity index (χ4v) is 0.989. The molecule has 0 unspecified atom stereocenters. The van der Waals surface area contributed by atoms with Gasteiger partial charge in [0.2, 0.25) is 0 Å². The molecular weight excluding hydrogens is 154 g/mol. The third-order valence-electron chi connectivity index (χ3n) is 1.69. The molecule has 0 aliphatic rings. The van der Waals surface area contributed by atoms with Crippen molar-refractivity contribution in [3.05, 3.63) is 24.0 Å². The monoisotopic (exact) mass is 167 g/mol. The summed E-state index contributed by atoms with van der Waals surface area (Å²) in [6.07, 6.45) is 1.63. The molecule has 0 saturated carbocycles. The fraction of sp³-hybridized carbons (Fsp3) is 0.375. The molecule has 12 heavy (non-hydrogen) atoms. The molecule has 0 aromatic carbocycles. The molecule has 66 valence electrons. The van der Waals surface area contributed by atoms with Crippen LogP contribution in [0.25, 0.3) is 0 Å². The molecule has 4 nitrogen and oxygen atoms in total. The molecule has 0 bridgehead atoms. The van der Waals surface area contributed by atoms with Crippen LogP contribution < -0.4 is 11.1 Å². The van der Waals surface area contributed by atoms with Crippen LogP contribution in [0.3, 0.4) is 0 Å². The maximum absolute atomic E-state index is 8.93. The van der Waals surface area contributed by atoms with Crippen molar-refractivity contribution < 1.29 is 5.11 Å². The Kier molecular flexibility index (Phi) is 3.01. The number of hydrogen-bond donors (Lipinski definition) is 3. The Bertz CT molecular complexity index is 248. The number of aromatic nitrogens is 1. The van der Waals surface area contributed by atoms with Crippen molar-refractivity contribution in [3.8, 4) is 0 Å². The molecule has 1 heterocycles. The summed E-state index contributed by atoms with van der Waals surface area (Å²) < 4.78 is 0. The van der Waals surface area contributed by atoms with Gasteiger partial charge in [-0.05, 0) is 19.2 Å². The second-order valence-electron chi connectivity index (χ2n) is 2.54. The van der Waals surface area contributed by atoms with E-state index in [-0.39, 0.29) is 12.6 Å². The number of aliphatic hydroxyl groups excluding tert-OH is 1. The molecule has 0 spiro atoms. The van der Waals surface area contributed by atoms with Crippen molar-refractivity contribution in [3.63, 3.8) is 0 Å². The first kappa shape index (κ1) is 8.96. The number of aliphatic hydroxyl groups is 1. The van der Waals surface area contributed by atoms with Gasteiger partial charge >= 0.3 is 0 Å². The van der Waals surface area contributed by atoms with Crippen LogP contribution in [-0.2, 0) is 0 Å². The molecule has 0 radical (unpaired) electrons. The zero-order valence-corrected chi connectivity index (χ0v) is 6.99. The lowest BCUT2D eigenvalue weighted by Crippen LogP contribution is -2.21. The van der Waals surface area contributed by atoms with E-state index in [4.69, 9.17) is 10.8 Å². The lowest BCUT2D eigenvalue weighted by Gasteiger charge is -2.11. The molecule has 1 aromatic heterocycles. The van der Waals surface area contributed by atoms with E-state index >= 15 is 0 Å². The number of nitrogens with zero attached hydrogens (tertiary/aromatic N) is 1. The second kappa shape index (κ2) is 4.04. The predicted molar refractivity (Wildman–Crippen MR) is 47.5 cm³/mol. The van der Waals surface area contributed by atoms with Gasteiger partial charge in [0, 0.05) is 11.9 Å². The Hall–Kier alpha value is -1.13. The summed E-state index contributed by atoms with van der Waals surface area (Å²) in [6.45, 7) is 0.0208. The number of pyridine rings is 1. The number of hydrogen-bond acceptors (Lipinski definition) is 4.